The van der Waals surface area contributed by atoms with Crippen LogP contribution in [0.15, 0.2) is 88.8 Å². The Hall–Kier alpha value is -5.65. The molecule has 10 nitrogen and oxygen atoms in total. The van der Waals surface area contributed by atoms with E-state index in [1.54, 1.807) is 36.4 Å². The number of fused-ring (bicyclic) bond motifs is 2. The second-order valence-corrected chi connectivity index (χ2v) is 11.6. The summed E-state index contributed by atoms with van der Waals surface area (Å²) in [5, 5.41) is 12.8. The minimum Gasteiger partial charge on any atom is -0.508 e. The molecule has 0 saturated heterocycles. The van der Waals surface area contributed by atoms with Gasteiger partial charge >= 0.3 is 5.69 Å². The molecule has 0 atom stereocenters. The lowest BCUT2D eigenvalue weighted by Crippen LogP contribution is -2.45. The van der Waals surface area contributed by atoms with E-state index < -0.39 is 34.8 Å². The second-order valence-electron chi connectivity index (χ2n) is 11.6. The molecule has 4 heterocycles. The number of phenolic OH excluding ortho intramolecular Hbond substituents is 1. The number of pyridine rings is 2. The molecular formula is C34H28F2N6O4. The average molecular weight is 623 g/mol. The van der Waals surface area contributed by atoms with Gasteiger partial charge in [0, 0.05) is 24.5 Å². The van der Waals surface area contributed by atoms with Gasteiger partial charge in [-0.1, -0.05) is 18.2 Å². The molecule has 12 heteroatoms. The zero-order chi connectivity index (χ0) is 32.1. The maximum absolute atomic E-state index is 14.4. The fraction of sp³-hybridized carbons (Fsp3) is 0.206. The van der Waals surface area contributed by atoms with Crippen molar-refractivity contribution in [1.29, 1.82) is 0 Å². The van der Waals surface area contributed by atoms with E-state index in [4.69, 9.17) is 0 Å². The third-order valence-electron chi connectivity index (χ3n) is 8.56. The van der Waals surface area contributed by atoms with E-state index in [1.807, 2.05) is 13.0 Å². The molecule has 2 aromatic carbocycles. The SMILES string of the molecule is Cc1cc(O)ccc1-c1cccc(-n2c(=O)n(C3CCC(NC(=O)c4cn5cc(F)ccc5n4)CC3)c(=O)c3cc(F)cnc32)c1. The Morgan fingerprint density at radius 2 is 1.76 bits per heavy atom. The van der Waals surface area contributed by atoms with Gasteiger partial charge in [-0.2, -0.15) is 0 Å². The Balaban J connectivity index is 1.20. The van der Waals surface area contributed by atoms with Crippen LogP contribution in [0.1, 0.15) is 47.8 Å². The summed E-state index contributed by atoms with van der Waals surface area (Å²) in [5.41, 5.74) is 2.32. The first-order chi connectivity index (χ1) is 22.2. The van der Waals surface area contributed by atoms with Crippen LogP contribution in [0, 0.1) is 18.6 Å². The molecule has 232 valence electrons. The summed E-state index contributed by atoms with van der Waals surface area (Å²) in [6.45, 7) is 1.87. The third kappa shape index (κ3) is 5.21. The molecule has 1 saturated carbocycles. The molecule has 0 unspecified atom stereocenters. The van der Waals surface area contributed by atoms with E-state index in [2.05, 4.69) is 15.3 Å². The molecule has 6 aromatic rings. The van der Waals surface area contributed by atoms with Crippen LogP contribution in [-0.4, -0.2) is 40.6 Å². The highest BCUT2D eigenvalue weighted by Crippen LogP contribution is 2.30. The van der Waals surface area contributed by atoms with E-state index in [0.29, 0.717) is 37.0 Å². The monoisotopic (exact) mass is 622 g/mol. The fourth-order valence-corrected chi connectivity index (χ4v) is 6.33. The predicted molar refractivity (Wildman–Crippen MR) is 167 cm³/mol. The Morgan fingerprint density at radius 1 is 0.957 bits per heavy atom. The molecule has 1 aliphatic carbocycles. The Labute approximate surface area is 260 Å². The minimum atomic E-state index is -0.698. The number of carbonyl (C=O) groups excluding carboxylic acids is 1. The molecule has 0 aliphatic heterocycles. The maximum atomic E-state index is 14.4. The number of amides is 1. The van der Waals surface area contributed by atoms with Crippen LogP contribution >= 0.6 is 0 Å². The molecular weight excluding hydrogens is 594 g/mol. The first kappa shape index (κ1) is 29.1. The minimum absolute atomic E-state index is 0.0236. The molecule has 1 amide bonds. The number of hydrogen-bond acceptors (Lipinski definition) is 6. The molecule has 46 heavy (non-hydrogen) atoms. The van der Waals surface area contributed by atoms with E-state index in [9.17, 15) is 28.3 Å². The highest BCUT2D eigenvalue weighted by Gasteiger charge is 2.28. The van der Waals surface area contributed by atoms with Gasteiger partial charge in [0.05, 0.1) is 17.3 Å². The normalized spacial score (nSPS) is 16.6. The fourth-order valence-electron chi connectivity index (χ4n) is 6.33. The van der Waals surface area contributed by atoms with Crippen LogP contribution in [0.5, 0.6) is 5.75 Å². The number of aromatic hydroxyl groups is 1. The molecule has 1 aliphatic rings. The number of aromatic nitrogens is 5. The summed E-state index contributed by atoms with van der Waals surface area (Å²) >= 11 is 0. The number of imidazole rings is 1. The predicted octanol–water partition coefficient (Wildman–Crippen LogP) is 5.07. The number of nitrogens with zero attached hydrogens (tertiary/aromatic N) is 5. The summed E-state index contributed by atoms with van der Waals surface area (Å²) in [6.07, 6.45) is 5.48. The largest absolute Gasteiger partial charge is 0.508 e. The first-order valence-corrected chi connectivity index (χ1v) is 14.8. The molecule has 0 radical (unpaired) electrons. The summed E-state index contributed by atoms with van der Waals surface area (Å²) in [4.78, 5) is 49.2. The van der Waals surface area contributed by atoms with Gasteiger partial charge in [-0.3, -0.25) is 14.2 Å². The average Bonchev–Trinajstić information content (AvgIpc) is 3.46. The number of benzene rings is 2. The summed E-state index contributed by atoms with van der Waals surface area (Å²) in [5.74, 6) is -1.41. The number of hydrogen-bond donors (Lipinski definition) is 2. The second kappa shape index (κ2) is 11.4. The van der Waals surface area contributed by atoms with Crippen LogP contribution in [0.4, 0.5) is 8.78 Å². The number of phenols is 1. The number of nitrogens with one attached hydrogen (secondary N) is 1. The van der Waals surface area contributed by atoms with Gasteiger partial charge in [-0.15, -0.1) is 0 Å². The molecule has 7 rings (SSSR count). The number of carbonyl (C=O) groups is 1. The number of rotatable bonds is 5. The molecule has 0 bridgehead atoms. The van der Waals surface area contributed by atoms with Crippen LogP contribution < -0.4 is 16.6 Å². The van der Waals surface area contributed by atoms with Crippen LogP contribution in [-0.2, 0) is 0 Å². The zero-order valence-corrected chi connectivity index (χ0v) is 24.7. The first-order valence-electron chi connectivity index (χ1n) is 14.8. The highest BCUT2D eigenvalue weighted by molar-refractivity contribution is 5.93. The smallest absolute Gasteiger partial charge is 0.337 e. The van der Waals surface area contributed by atoms with Crippen molar-refractivity contribution in [2.24, 2.45) is 0 Å². The third-order valence-corrected chi connectivity index (χ3v) is 8.56. The van der Waals surface area contributed by atoms with Crippen LogP contribution in [0.2, 0.25) is 0 Å². The standard InChI is InChI=1S/C34H28F2N6O4/c1-19-13-26(43)10-11-27(19)20-3-2-4-25(14-20)41-31-28(15-22(36)16-37-31)33(45)42(34(41)46)24-8-6-23(7-9-24)38-32(44)29-18-40-17-21(35)5-12-30(40)39-29/h2-5,10-18,23-24,43H,6-9H2,1H3,(H,38,44). The van der Waals surface area contributed by atoms with Crippen molar-refractivity contribution in [2.45, 2.75) is 44.7 Å². The van der Waals surface area contributed by atoms with Gasteiger partial charge in [-0.05, 0) is 91.8 Å². The van der Waals surface area contributed by atoms with E-state index in [-0.39, 0.29) is 28.5 Å². The van der Waals surface area contributed by atoms with Gasteiger partial charge in [0.2, 0.25) is 0 Å². The van der Waals surface area contributed by atoms with Gasteiger partial charge < -0.3 is 14.8 Å². The van der Waals surface area contributed by atoms with Crippen LogP contribution in [0.25, 0.3) is 33.5 Å². The van der Waals surface area contributed by atoms with E-state index >= 15 is 0 Å². The maximum Gasteiger partial charge on any atom is 0.337 e. The van der Waals surface area contributed by atoms with Crippen molar-refractivity contribution in [3.05, 3.63) is 123 Å². The lowest BCUT2D eigenvalue weighted by atomic mass is 9.90. The topological polar surface area (TPSA) is 124 Å². The van der Waals surface area contributed by atoms with Crippen LogP contribution in [0.3, 0.4) is 0 Å². The van der Waals surface area contributed by atoms with Gasteiger partial charge in [0.25, 0.3) is 11.5 Å². The van der Waals surface area contributed by atoms with Gasteiger partial charge in [0.15, 0.2) is 5.65 Å². The molecule has 4 aromatic heterocycles. The number of aryl methyl sites for hydroxylation is 1. The van der Waals surface area contributed by atoms with Gasteiger partial charge in [-0.25, -0.2) is 28.1 Å². The lowest BCUT2D eigenvalue weighted by Gasteiger charge is -2.30. The summed E-state index contributed by atoms with van der Waals surface area (Å²) in [6, 6.07) is 15.3. The Bertz CT molecular complexity index is 2280. The molecule has 2 N–H and O–H groups in total. The van der Waals surface area contributed by atoms with Crippen molar-refractivity contribution < 1.29 is 18.7 Å². The van der Waals surface area contributed by atoms with Crippen molar-refractivity contribution in [2.75, 3.05) is 0 Å². The highest BCUT2D eigenvalue weighted by atomic mass is 19.1. The quantitative estimate of drug-likeness (QED) is 0.277. The van der Waals surface area contributed by atoms with Crippen molar-refractivity contribution in [3.63, 3.8) is 0 Å². The van der Waals surface area contributed by atoms with E-state index in [1.165, 1.54) is 38.1 Å². The van der Waals surface area contributed by atoms with Crippen molar-refractivity contribution >= 4 is 22.6 Å². The lowest BCUT2D eigenvalue weighted by molar-refractivity contribution is 0.0917. The molecule has 1 fully saturated rings. The number of halogens is 2. The van der Waals surface area contributed by atoms with Gasteiger partial charge in [0.1, 0.15) is 28.7 Å². The molecule has 0 spiro atoms. The summed E-state index contributed by atoms with van der Waals surface area (Å²) in [7, 11) is 0. The van der Waals surface area contributed by atoms with E-state index in [0.717, 1.165) is 29.0 Å². The van der Waals surface area contributed by atoms with Crippen molar-refractivity contribution in [3.8, 4) is 22.6 Å². The Morgan fingerprint density at radius 3 is 2.54 bits per heavy atom. The Kier molecular flexibility index (Phi) is 7.19. The van der Waals surface area contributed by atoms with Crippen molar-refractivity contribution in [1.82, 2.24) is 28.8 Å². The zero-order valence-electron chi connectivity index (χ0n) is 24.7. The summed E-state index contributed by atoms with van der Waals surface area (Å²) < 4.78 is 31.9.